The molecule has 1 amide bonds. The van der Waals surface area contributed by atoms with Gasteiger partial charge in [-0.3, -0.25) is 4.79 Å². The first-order chi connectivity index (χ1) is 9.29. The van der Waals surface area contributed by atoms with Crippen LogP contribution in [0.15, 0.2) is 0 Å². The predicted molar refractivity (Wildman–Crippen MR) is 73.6 cm³/mol. The van der Waals surface area contributed by atoms with E-state index in [1.54, 1.807) is 11.8 Å². The second kappa shape index (κ2) is 7.88. The highest BCUT2D eigenvalue weighted by Crippen LogP contribution is 2.21. The molecule has 1 fully saturated rings. The SMILES string of the molecule is CC(C)CC(=O)N1CC(NCC(F)F)CC(C(C)O)C1. The van der Waals surface area contributed by atoms with Crippen molar-refractivity contribution in [2.24, 2.45) is 11.8 Å². The van der Waals surface area contributed by atoms with E-state index in [0.717, 1.165) is 0 Å². The van der Waals surface area contributed by atoms with Gasteiger partial charge in [-0.2, -0.15) is 0 Å². The van der Waals surface area contributed by atoms with Crippen molar-refractivity contribution in [3.05, 3.63) is 0 Å². The number of halogens is 2. The number of likely N-dealkylation sites (tertiary alicyclic amines) is 1. The Morgan fingerprint density at radius 3 is 2.50 bits per heavy atom. The highest BCUT2D eigenvalue weighted by atomic mass is 19.3. The number of amides is 1. The van der Waals surface area contributed by atoms with Gasteiger partial charge in [0.15, 0.2) is 0 Å². The maximum Gasteiger partial charge on any atom is 0.250 e. The van der Waals surface area contributed by atoms with Gasteiger partial charge in [0.2, 0.25) is 5.91 Å². The molecule has 0 radical (unpaired) electrons. The molecule has 1 aliphatic rings. The molecule has 0 aromatic carbocycles. The Bertz CT molecular complexity index is 312. The summed E-state index contributed by atoms with van der Waals surface area (Å²) in [6.07, 6.45) is -1.87. The number of nitrogens with zero attached hydrogens (tertiary/aromatic N) is 1. The van der Waals surface area contributed by atoms with Gasteiger partial charge in [0, 0.05) is 31.5 Å². The van der Waals surface area contributed by atoms with Crippen LogP contribution >= 0.6 is 0 Å². The van der Waals surface area contributed by atoms with Crippen LogP contribution in [-0.4, -0.2) is 54.1 Å². The van der Waals surface area contributed by atoms with E-state index in [1.807, 2.05) is 13.8 Å². The van der Waals surface area contributed by atoms with Crippen LogP contribution in [0, 0.1) is 11.8 Å². The molecule has 0 saturated carbocycles. The smallest absolute Gasteiger partial charge is 0.250 e. The zero-order chi connectivity index (χ0) is 15.3. The molecule has 0 aliphatic carbocycles. The fourth-order valence-electron chi connectivity index (χ4n) is 2.57. The lowest BCUT2D eigenvalue weighted by atomic mass is 9.89. The minimum atomic E-state index is -2.40. The van der Waals surface area contributed by atoms with Crippen LogP contribution in [0.4, 0.5) is 8.78 Å². The maximum atomic E-state index is 12.3. The second-order valence-corrected chi connectivity index (χ2v) is 6.13. The Hall–Kier alpha value is -0.750. The number of piperidine rings is 1. The lowest BCUT2D eigenvalue weighted by Gasteiger charge is -2.39. The van der Waals surface area contributed by atoms with Crippen LogP contribution in [0.25, 0.3) is 0 Å². The van der Waals surface area contributed by atoms with Crippen LogP contribution in [-0.2, 0) is 4.79 Å². The van der Waals surface area contributed by atoms with Crippen LogP contribution < -0.4 is 5.32 Å². The lowest BCUT2D eigenvalue weighted by Crippen LogP contribution is -2.54. The molecule has 1 rings (SSSR count). The van der Waals surface area contributed by atoms with E-state index >= 15 is 0 Å². The van der Waals surface area contributed by atoms with Crippen molar-refractivity contribution < 1.29 is 18.7 Å². The van der Waals surface area contributed by atoms with E-state index in [-0.39, 0.29) is 30.3 Å². The van der Waals surface area contributed by atoms with Crippen molar-refractivity contribution in [3.63, 3.8) is 0 Å². The summed E-state index contributed by atoms with van der Waals surface area (Å²) >= 11 is 0. The molecule has 3 atom stereocenters. The molecule has 0 aromatic rings. The van der Waals surface area contributed by atoms with E-state index in [4.69, 9.17) is 0 Å². The summed E-state index contributed by atoms with van der Waals surface area (Å²) in [5.41, 5.74) is 0. The highest BCUT2D eigenvalue weighted by Gasteiger charge is 2.32. The number of carbonyl (C=O) groups excluding carboxylic acids is 1. The number of aliphatic hydroxyl groups is 1. The van der Waals surface area contributed by atoms with Gasteiger partial charge in [0.05, 0.1) is 12.6 Å². The number of nitrogens with one attached hydrogen (secondary N) is 1. The second-order valence-electron chi connectivity index (χ2n) is 6.13. The van der Waals surface area contributed by atoms with Crippen molar-refractivity contribution >= 4 is 5.91 Å². The number of aliphatic hydroxyl groups excluding tert-OH is 1. The van der Waals surface area contributed by atoms with Crippen molar-refractivity contribution in [1.82, 2.24) is 10.2 Å². The zero-order valence-electron chi connectivity index (χ0n) is 12.5. The topological polar surface area (TPSA) is 52.6 Å². The molecule has 118 valence electrons. The molecular formula is C14H26F2N2O2. The summed E-state index contributed by atoms with van der Waals surface area (Å²) in [7, 11) is 0. The van der Waals surface area contributed by atoms with Gasteiger partial charge in [0.25, 0.3) is 6.43 Å². The summed E-state index contributed by atoms with van der Waals surface area (Å²) < 4.78 is 24.6. The van der Waals surface area contributed by atoms with Gasteiger partial charge < -0.3 is 15.3 Å². The zero-order valence-corrected chi connectivity index (χ0v) is 12.5. The fraction of sp³-hybridized carbons (Fsp3) is 0.929. The number of alkyl halides is 2. The molecule has 1 aliphatic heterocycles. The first-order valence-electron chi connectivity index (χ1n) is 7.27. The molecule has 1 saturated heterocycles. The van der Waals surface area contributed by atoms with Gasteiger partial charge in [-0.05, 0) is 19.3 Å². The summed E-state index contributed by atoms with van der Waals surface area (Å²) in [5, 5.41) is 12.5. The monoisotopic (exact) mass is 292 g/mol. The minimum Gasteiger partial charge on any atom is -0.393 e. The average molecular weight is 292 g/mol. The summed E-state index contributed by atoms with van der Waals surface area (Å²) in [4.78, 5) is 13.8. The Balaban J connectivity index is 2.62. The van der Waals surface area contributed by atoms with Crippen LogP contribution in [0.5, 0.6) is 0 Å². The quantitative estimate of drug-likeness (QED) is 0.780. The molecule has 0 bridgehead atoms. The average Bonchev–Trinajstić information content (AvgIpc) is 2.35. The molecule has 20 heavy (non-hydrogen) atoms. The predicted octanol–water partition coefficient (Wildman–Crippen LogP) is 1.49. The number of carbonyl (C=O) groups is 1. The van der Waals surface area contributed by atoms with Gasteiger partial charge in [-0.15, -0.1) is 0 Å². The third-order valence-corrected chi connectivity index (χ3v) is 3.66. The third-order valence-electron chi connectivity index (χ3n) is 3.66. The number of hydrogen-bond donors (Lipinski definition) is 2. The van der Waals surface area contributed by atoms with E-state index in [2.05, 4.69) is 5.32 Å². The first-order valence-corrected chi connectivity index (χ1v) is 7.27. The third kappa shape index (κ3) is 5.71. The van der Waals surface area contributed by atoms with Crippen LogP contribution in [0.2, 0.25) is 0 Å². The molecule has 1 heterocycles. The van der Waals surface area contributed by atoms with E-state index in [1.165, 1.54) is 0 Å². The van der Waals surface area contributed by atoms with Gasteiger partial charge in [0.1, 0.15) is 0 Å². The van der Waals surface area contributed by atoms with E-state index in [0.29, 0.717) is 25.9 Å². The Labute approximate surface area is 119 Å². The Morgan fingerprint density at radius 2 is 2.00 bits per heavy atom. The molecule has 4 nitrogen and oxygen atoms in total. The van der Waals surface area contributed by atoms with Crippen molar-refractivity contribution in [1.29, 1.82) is 0 Å². The van der Waals surface area contributed by atoms with E-state index < -0.39 is 12.5 Å². The van der Waals surface area contributed by atoms with Gasteiger partial charge >= 0.3 is 0 Å². The molecule has 0 spiro atoms. The summed E-state index contributed by atoms with van der Waals surface area (Å²) in [5.74, 6) is 0.242. The molecular weight excluding hydrogens is 266 g/mol. The molecule has 3 unspecified atom stereocenters. The van der Waals surface area contributed by atoms with Crippen molar-refractivity contribution in [2.45, 2.75) is 52.2 Å². The summed E-state index contributed by atoms with van der Waals surface area (Å²) in [6.45, 7) is 6.22. The van der Waals surface area contributed by atoms with Crippen molar-refractivity contribution in [2.75, 3.05) is 19.6 Å². The molecule has 0 aromatic heterocycles. The van der Waals surface area contributed by atoms with Crippen molar-refractivity contribution in [3.8, 4) is 0 Å². The Morgan fingerprint density at radius 1 is 1.35 bits per heavy atom. The number of rotatable bonds is 6. The molecule has 6 heteroatoms. The normalized spacial score (nSPS) is 25.3. The minimum absolute atomic E-state index is 0.0363. The largest absolute Gasteiger partial charge is 0.393 e. The van der Waals surface area contributed by atoms with Gasteiger partial charge in [-0.1, -0.05) is 13.8 Å². The Kier molecular flexibility index (Phi) is 6.82. The van der Waals surface area contributed by atoms with Crippen LogP contribution in [0.1, 0.15) is 33.6 Å². The fourth-order valence-corrected chi connectivity index (χ4v) is 2.57. The highest BCUT2D eigenvalue weighted by molar-refractivity contribution is 5.76. The lowest BCUT2D eigenvalue weighted by molar-refractivity contribution is -0.135. The maximum absolute atomic E-state index is 12.3. The van der Waals surface area contributed by atoms with Gasteiger partial charge in [-0.25, -0.2) is 8.78 Å². The standard InChI is InChI=1S/C14H26F2N2O2/c1-9(2)4-14(20)18-7-11(10(3)19)5-12(8-18)17-6-13(15)16/h9-13,17,19H,4-8H2,1-3H3. The summed E-state index contributed by atoms with van der Waals surface area (Å²) in [6, 6.07) is -0.173. The number of hydrogen-bond acceptors (Lipinski definition) is 3. The van der Waals surface area contributed by atoms with E-state index in [9.17, 15) is 18.7 Å². The first kappa shape index (κ1) is 17.3. The van der Waals surface area contributed by atoms with Crippen LogP contribution in [0.3, 0.4) is 0 Å². The molecule has 2 N–H and O–H groups in total.